The molecule has 0 bridgehead atoms. The van der Waals surface area contributed by atoms with E-state index in [0.29, 0.717) is 12.2 Å². The maximum Gasteiger partial charge on any atom is 0.387 e. The quantitative estimate of drug-likeness (QED) is 0.683. The molecule has 0 saturated heterocycles. The number of rotatable bonds is 9. The number of alkyl halides is 2. The van der Waals surface area contributed by atoms with Gasteiger partial charge in [-0.1, -0.05) is 18.2 Å². The van der Waals surface area contributed by atoms with Gasteiger partial charge < -0.3 is 20.5 Å². The van der Waals surface area contributed by atoms with Gasteiger partial charge in [0, 0.05) is 6.54 Å². The van der Waals surface area contributed by atoms with Gasteiger partial charge in [-0.25, -0.2) is 0 Å². The molecule has 0 radical (unpaired) electrons. The van der Waals surface area contributed by atoms with Crippen molar-refractivity contribution in [3.05, 3.63) is 53.6 Å². The molecule has 2 aromatic rings. The zero-order valence-corrected chi connectivity index (χ0v) is 15.4. The van der Waals surface area contributed by atoms with Crippen molar-refractivity contribution in [1.29, 1.82) is 0 Å². The average molecular weight is 393 g/mol. The molecule has 0 fully saturated rings. The highest BCUT2D eigenvalue weighted by atomic mass is 19.3. The van der Waals surface area contributed by atoms with Gasteiger partial charge in [0.15, 0.2) is 11.5 Å². The summed E-state index contributed by atoms with van der Waals surface area (Å²) in [5.41, 5.74) is 6.59. The van der Waals surface area contributed by atoms with Crippen molar-refractivity contribution in [1.82, 2.24) is 4.90 Å². The number of nitrogens with one attached hydrogen (secondary N) is 1. The van der Waals surface area contributed by atoms with E-state index in [9.17, 15) is 18.4 Å². The maximum atomic E-state index is 12.4. The van der Waals surface area contributed by atoms with E-state index in [4.69, 9.17) is 10.5 Å². The molecule has 7 nitrogen and oxygen atoms in total. The number of ether oxygens (including phenoxy) is 2. The number of carbonyl (C=O) groups is 2. The minimum Gasteiger partial charge on any atom is -0.493 e. The van der Waals surface area contributed by atoms with Crippen LogP contribution in [0.1, 0.15) is 15.9 Å². The number of anilines is 1. The summed E-state index contributed by atoms with van der Waals surface area (Å²) in [6.45, 7) is -2.56. The first-order valence-electron chi connectivity index (χ1n) is 8.29. The van der Waals surface area contributed by atoms with Crippen LogP contribution in [-0.2, 0) is 11.3 Å². The maximum absolute atomic E-state index is 12.4. The number of hydrogen-bond acceptors (Lipinski definition) is 5. The molecule has 0 atom stereocenters. The highest BCUT2D eigenvalue weighted by Crippen LogP contribution is 2.29. The van der Waals surface area contributed by atoms with Gasteiger partial charge in [-0.05, 0) is 36.9 Å². The Kier molecular flexibility index (Phi) is 7.28. The molecule has 0 aromatic heterocycles. The predicted octanol–water partition coefficient (Wildman–Crippen LogP) is 2.47. The van der Waals surface area contributed by atoms with Crippen LogP contribution in [0.25, 0.3) is 0 Å². The summed E-state index contributed by atoms with van der Waals surface area (Å²) < 4.78 is 34.2. The number of primary amides is 1. The van der Waals surface area contributed by atoms with Crippen LogP contribution in [0.5, 0.6) is 11.5 Å². The summed E-state index contributed by atoms with van der Waals surface area (Å²) in [6.07, 6.45) is 0. The standard InChI is InChI=1S/C19H21F2N3O4/c1-24(10-12-7-8-15(28-19(20)21)16(9-12)27-2)11-17(25)23-14-6-4-3-5-13(14)18(22)26/h3-9,19H,10-11H2,1-2H3,(H2,22,26)(H,23,25). The number of nitrogens with two attached hydrogens (primary N) is 1. The second kappa shape index (κ2) is 9.65. The van der Waals surface area contributed by atoms with Crippen molar-refractivity contribution in [2.45, 2.75) is 13.2 Å². The normalized spacial score (nSPS) is 10.8. The fourth-order valence-electron chi connectivity index (χ4n) is 2.61. The number of likely N-dealkylation sites (N-methyl/N-ethyl adjacent to an activating group) is 1. The van der Waals surface area contributed by atoms with Crippen molar-refractivity contribution < 1.29 is 27.8 Å². The molecule has 9 heteroatoms. The lowest BCUT2D eigenvalue weighted by atomic mass is 10.1. The van der Waals surface area contributed by atoms with E-state index in [1.807, 2.05) is 0 Å². The lowest BCUT2D eigenvalue weighted by Gasteiger charge is -2.18. The summed E-state index contributed by atoms with van der Waals surface area (Å²) in [6, 6.07) is 11.0. The fraction of sp³-hybridized carbons (Fsp3) is 0.263. The van der Waals surface area contributed by atoms with Gasteiger partial charge >= 0.3 is 6.61 Å². The van der Waals surface area contributed by atoms with Crippen LogP contribution in [0.15, 0.2) is 42.5 Å². The summed E-state index contributed by atoms with van der Waals surface area (Å²) in [5.74, 6) is -0.862. The molecule has 0 unspecified atom stereocenters. The van der Waals surface area contributed by atoms with E-state index < -0.39 is 12.5 Å². The van der Waals surface area contributed by atoms with Gasteiger partial charge in [0.1, 0.15) is 0 Å². The van der Waals surface area contributed by atoms with E-state index in [2.05, 4.69) is 10.1 Å². The molecular formula is C19H21F2N3O4. The smallest absolute Gasteiger partial charge is 0.387 e. The number of benzene rings is 2. The lowest BCUT2D eigenvalue weighted by Crippen LogP contribution is -2.30. The lowest BCUT2D eigenvalue weighted by molar-refractivity contribution is -0.117. The van der Waals surface area contributed by atoms with Gasteiger partial charge in [0.25, 0.3) is 5.91 Å². The number of methoxy groups -OCH3 is 1. The van der Waals surface area contributed by atoms with Crippen LogP contribution in [0.3, 0.4) is 0 Å². The van der Waals surface area contributed by atoms with E-state index in [0.717, 1.165) is 5.56 Å². The summed E-state index contributed by atoms with van der Waals surface area (Å²) >= 11 is 0. The summed E-state index contributed by atoms with van der Waals surface area (Å²) in [5, 5.41) is 2.65. The first-order chi connectivity index (χ1) is 13.3. The van der Waals surface area contributed by atoms with Crippen LogP contribution in [0.4, 0.5) is 14.5 Å². The Labute approximate surface area is 161 Å². The molecule has 0 aliphatic carbocycles. The minimum absolute atomic E-state index is 0.0324. The number of carbonyl (C=O) groups excluding carboxylic acids is 2. The topological polar surface area (TPSA) is 93.9 Å². The average Bonchev–Trinajstić information content (AvgIpc) is 2.62. The molecule has 2 amide bonds. The number of para-hydroxylation sites is 1. The van der Waals surface area contributed by atoms with Gasteiger partial charge in [-0.2, -0.15) is 8.78 Å². The Morgan fingerprint density at radius 3 is 2.54 bits per heavy atom. The van der Waals surface area contributed by atoms with Gasteiger partial charge in [-0.15, -0.1) is 0 Å². The zero-order chi connectivity index (χ0) is 20.7. The Hall–Kier alpha value is -3.20. The van der Waals surface area contributed by atoms with Gasteiger partial charge in [0.2, 0.25) is 5.91 Å². The predicted molar refractivity (Wildman–Crippen MR) is 99.5 cm³/mol. The van der Waals surface area contributed by atoms with E-state index >= 15 is 0 Å². The molecule has 150 valence electrons. The molecule has 0 aliphatic heterocycles. The fourth-order valence-corrected chi connectivity index (χ4v) is 2.61. The zero-order valence-electron chi connectivity index (χ0n) is 15.4. The minimum atomic E-state index is -2.95. The van der Waals surface area contributed by atoms with Crippen molar-refractivity contribution in [2.75, 3.05) is 26.0 Å². The molecule has 0 aliphatic rings. The van der Waals surface area contributed by atoms with Crippen LogP contribution in [0, 0.1) is 0 Å². The van der Waals surface area contributed by atoms with Gasteiger partial charge in [0.05, 0.1) is 24.9 Å². The summed E-state index contributed by atoms with van der Waals surface area (Å²) in [4.78, 5) is 25.4. The van der Waals surface area contributed by atoms with Gasteiger partial charge in [-0.3, -0.25) is 14.5 Å². The highest BCUT2D eigenvalue weighted by molar-refractivity contribution is 6.03. The Bertz CT molecular complexity index is 846. The number of hydrogen-bond donors (Lipinski definition) is 2. The summed E-state index contributed by atoms with van der Waals surface area (Å²) in [7, 11) is 3.07. The monoisotopic (exact) mass is 393 g/mol. The van der Waals surface area contributed by atoms with E-state index in [-0.39, 0.29) is 29.5 Å². The molecule has 28 heavy (non-hydrogen) atoms. The Morgan fingerprint density at radius 1 is 1.18 bits per heavy atom. The van der Waals surface area contributed by atoms with Crippen LogP contribution in [0.2, 0.25) is 0 Å². The molecule has 3 N–H and O–H groups in total. The molecule has 0 saturated carbocycles. The molecule has 2 aromatic carbocycles. The number of amides is 2. The third kappa shape index (κ3) is 5.92. The van der Waals surface area contributed by atoms with Crippen molar-refractivity contribution in [2.24, 2.45) is 5.73 Å². The SMILES string of the molecule is COc1cc(CN(C)CC(=O)Nc2ccccc2C(N)=O)ccc1OC(F)F. The van der Waals surface area contributed by atoms with E-state index in [1.54, 1.807) is 42.3 Å². The highest BCUT2D eigenvalue weighted by Gasteiger charge is 2.14. The Morgan fingerprint density at radius 2 is 1.89 bits per heavy atom. The third-order valence-corrected chi connectivity index (χ3v) is 3.78. The van der Waals surface area contributed by atoms with Crippen molar-refractivity contribution in [3.8, 4) is 11.5 Å². The van der Waals surface area contributed by atoms with Crippen LogP contribution >= 0.6 is 0 Å². The second-order valence-electron chi connectivity index (χ2n) is 5.99. The molecular weight excluding hydrogens is 372 g/mol. The van der Waals surface area contributed by atoms with Crippen LogP contribution < -0.4 is 20.5 Å². The molecule has 0 heterocycles. The first kappa shape index (κ1) is 21.1. The van der Waals surface area contributed by atoms with Crippen molar-refractivity contribution >= 4 is 17.5 Å². The number of halogens is 2. The second-order valence-corrected chi connectivity index (χ2v) is 5.99. The third-order valence-electron chi connectivity index (χ3n) is 3.78. The van der Waals surface area contributed by atoms with E-state index in [1.165, 1.54) is 19.2 Å². The Balaban J connectivity index is 1.99. The largest absolute Gasteiger partial charge is 0.493 e. The van der Waals surface area contributed by atoms with Crippen molar-refractivity contribution in [3.63, 3.8) is 0 Å². The molecule has 2 rings (SSSR count). The number of nitrogens with zero attached hydrogens (tertiary/aromatic N) is 1. The molecule has 0 spiro atoms. The first-order valence-corrected chi connectivity index (χ1v) is 8.29. The van der Waals surface area contributed by atoms with Crippen LogP contribution in [-0.4, -0.2) is 44.0 Å².